The van der Waals surface area contributed by atoms with E-state index in [4.69, 9.17) is 11.6 Å². The molecule has 20 heavy (non-hydrogen) atoms. The highest BCUT2D eigenvalue weighted by molar-refractivity contribution is 7.89. The number of benzene rings is 1. The average molecular weight is 335 g/mol. The van der Waals surface area contributed by atoms with Crippen molar-refractivity contribution in [1.82, 2.24) is 9.21 Å². The predicted octanol–water partition coefficient (Wildman–Crippen LogP) is 1.10. The molecular weight excluding hydrogens is 320 g/mol. The van der Waals surface area contributed by atoms with Crippen LogP contribution in [0.4, 0.5) is 0 Å². The number of nitrogens with zero attached hydrogens (tertiary/aromatic N) is 2. The van der Waals surface area contributed by atoms with Crippen molar-refractivity contribution in [1.29, 1.82) is 0 Å². The molecule has 1 aromatic rings. The van der Waals surface area contributed by atoms with Crippen LogP contribution in [-0.2, 0) is 14.8 Å². The monoisotopic (exact) mass is 334 g/mol. The largest absolute Gasteiger partial charge is 0.339 e. The van der Waals surface area contributed by atoms with Gasteiger partial charge in [0.1, 0.15) is 0 Å². The first-order valence-electron chi connectivity index (χ1n) is 6.09. The van der Waals surface area contributed by atoms with E-state index in [2.05, 4.69) is 12.6 Å². The van der Waals surface area contributed by atoms with Crippen molar-refractivity contribution in [2.45, 2.75) is 4.90 Å². The zero-order chi connectivity index (χ0) is 14.8. The van der Waals surface area contributed by atoms with Crippen molar-refractivity contribution >= 4 is 40.2 Å². The third-order valence-electron chi connectivity index (χ3n) is 3.18. The summed E-state index contributed by atoms with van der Waals surface area (Å²) < 4.78 is 26.2. The molecule has 1 aliphatic rings. The molecule has 0 saturated carbocycles. The molecule has 2 rings (SSSR count). The molecule has 0 aliphatic carbocycles. The van der Waals surface area contributed by atoms with Gasteiger partial charge in [-0.3, -0.25) is 4.79 Å². The van der Waals surface area contributed by atoms with E-state index in [1.165, 1.54) is 16.4 Å². The van der Waals surface area contributed by atoms with Gasteiger partial charge in [-0.15, -0.1) is 0 Å². The predicted molar refractivity (Wildman–Crippen MR) is 80.6 cm³/mol. The van der Waals surface area contributed by atoms with Gasteiger partial charge in [0.2, 0.25) is 15.9 Å². The van der Waals surface area contributed by atoms with Gasteiger partial charge in [0.05, 0.1) is 10.6 Å². The molecule has 1 saturated heterocycles. The molecule has 1 amide bonds. The van der Waals surface area contributed by atoms with E-state index in [1.807, 2.05) is 0 Å². The van der Waals surface area contributed by atoms with Crippen LogP contribution in [0.2, 0.25) is 5.02 Å². The zero-order valence-electron chi connectivity index (χ0n) is 10.7. The van der Waals surface area contributed by atoms with E-state index < -0.39 is 10.0 Å². The van der Waals surface area contributed by atoms with E-state index in [1.54, 1.807) is 17.0 Å². The summed E-state index contributed by atoms with van der Waals surface area (Å²) in [7, 11) is -3.52. The number of piperazine rings is 1. The topological polar surface area (TPSA) is 57.7 Å². The standard InChI is InChI=1S/C12H15ClN2O3S2/c13-10-1-3-11(4-2-10)20(17,18)15-7-5-14(6-8-15)12(16)9-19/h1-4,19H,5-9H2. The summed E-state index contributed by atoms with van der Waals surface area (Å²) in [6.07, 6.45) is 0. The second kappa shape index (κ2) is 6.34. The summed E-state index contributed by atoms with van der Waals surface area (Å²) in [5, 5.41) is 0.494. The van der Waals surface area contributed by atoms with Crippen LogP contribution >= 0.6 is 24.2 Å². The Morgan fingerprint density at radius 2 is 1.70 bits per heavy atom. The number of rotatable bonds is 3. The summed E-state index contributed by atoms with van der Waals surface area (Å²) in [5.74, 6) is 0.0705. The van der Waals surface area contributed by atoms with Crippen molar-refractivity contribution < 1.29 is 13.2 Å². The van der Waals surface area contributed by atoms with Gasteiger partial charge < -0.3 is 4.90 Å². The second-order valence-electron chi connectivity index (χ2n) is 4.40. The molecule has 0 spiro atoms. The highest BCUT2D eigenvalue weighted by Crippen LogP contribution is 2.19. The lowest BCUT2D eigenvalue weighted by Gasteiger charge is -2.33. The summed E-state index contributed by atoms with van der Waals surface area (Å²) in [4.78, 5) is 13.3. The third-order valence-corrected chi connectivity index (χ3v) is 5.61. The summed E-state index contributed by atoms with van der Waals surface area (Å²) in [6, 6.07) is 6.08. The zero-order valence-corrected chi connectivity index (χ0v) is 13.2. The Bertz CT molecular complexity index is 581. The lowest BCUT2D eigenvalue weighted by atomic mass is 10.3. The van der Waals surface area contributed by atoms with Gasteiger partial charge in [-0.05, 0) is 24.3 Å². The molecule has 5 nitrogen and oxygen atoms in total. The number of halogens is 1. The van der Waals surface area contributed by atoms with Gasteiger partial charge in [0, 0.05) is 31.2 Å². The van der Waals surface area contributed by atoms with Crippen LogP contribution in [0.15, 0.2) is 29.2 Å². The van der Waals surface area contributed by atoms with Crippen molar-refractivity contribution in [3.8, 4) is 0 Å². The number of carbonyl (C=O) groups excluding carboxylic acids is 1. The second-order valence-corrected chi connectivity index (χ2v) is 7.09. The summed E-state index contributed by atoms with van der Waals surface area (Å²) >= 11 is 9.69. The van der Waals surface area contributed by atoms with Gasteiger partial charge in [-0.25, -0.2) is 8.42 Å². The first kappa shape index (κ1) is 15.6. The molecular formula is C12H15ClN2O3S2. The summed E-state index contributed by atoms with van der Waals surface area (Å²) in [6.45, 7) is 1.38. The first-order chi connectivity index (χ1) is 9.45. The smallest absolute Gasteiger partial charge is 0.243 e. The number of hydrogen-bond donors (Lipinski definition) is 1. The number of hydrogen-bond acceptors (Lipinski definition) is 4. The van der Waals surface area contributed by atoms with Gasteiger partial charge in [0.15, 0.2) is 0 Å². The van der Waals surface area contributed by atoms with Crippen LogP contribution in [0, 0.1) is 0 Å². The molecule has 0 radical (unpaired) electrons. The Morgan fingerprint density at radius 1 is 1.15 bits per heavy atom. The SMILES string of the molecule is O=C(CS)N1CCN(S(=O)(=O)c2ccc(Cl)cc2)CC1. The lowest BCUT2D eigenvalue weighted by molar-refractivity contribution is -0.129. The molecule has 1 aliphatic heterocycles. The highest BCUT2D eigenvalue weighted by Gasteiger charge is 2.29. The molecule has 0 atom stereocenters. The Hall–Kier alpha value is -0.760. The number of thiol groups is 1. The fraction of sp³-hybridized carbons (Fsp3) is 0.417. The molecule has 0 bridgehead atoms. The number of amides is 1. The van der Waals surface area contributed by atoms with Crippen LogP contribution in [0.25, 0.3) is 0 Å². The maximum atomic E-state index is 12.4. The molecule has 0 N–H and O–H groups in total. The van der Waals surface area contributed by atoms with E-state index in [-0.39, 0.29) is 16.6 Å². The molecule has 8 heteroatoms. The van der Waals surface area contributed by atoms with Crippen molar-refractivity contribution in [2.24, 2.45) is 0 Å². The fourth-order valence-electron chi connectivity index (χ4n) is 2.03. The van der Waals surface area contributed by atoms with Gasteiger partial charge >= 0.3 is 0 Å². The average Bonchev–Trinajstić information content (AvgIpc) is 2.47. The number of carbonyl (C=O) groups is 1. The lowest BCUT2D eigenvalue weighted by Crippen LogP contribution is -2.50. The Morgan fingerprint density at radius 3 is 2.20 bits per heavy atom. The Kier molecular flexibility index (Phi) is 4.95. The van der Waals surface area contributed by atoms with Crippen LogP contribution in [0.3, 0.4) is 0 Å². The van der Waals surface area contributed by atoms with Crippen LogP contribution in [0.5, 0.6) is 0 Å². The van der Waals surface area contributed by atoms with E-state index >= 15 is 0 Å². The molecule has 1 aromatic carbocycles. The quantitative estimate of drug-likeness (QED) is 0.842. The minimum atomic E-state index is -3.52. The maximum Gasteiger partial charge on any atom is 0.243 e. The van der Waals surface area contributed by atoms with E-state index in [0.717, 1.165) is 0 Å². The minimum Gasteiger partial charge on any atom is -0.339 e. The Labute approximate surface area is 129 Å². The van der Waals surface area contributed by atoms with E-state index in [0.29, 0.717) is 31.2 Å². The highest BCUT2D eigenvalue weighted by atomic mass is 35.5. The number of sulfonamides is 1. The molecule has 110 valence electrons. The third kappa shape index (κ3) is 3.28. The first-order valence-corrected chi connectivity index (χ1v) is 8.54. The van der Waals surface area contributed by atoms with E-state index in [9.17, 15) is 13.2 Å². The van der Waals surface area contributed by atoms with Crippen molar-refractivity contribution in [3.63, 3.8) is 0 Å². The van der Waals surface area contributed by atoms with Gasteiger partial charge in [-0.2, -0.15) is 16.9 Å². The molecule has 0 unspecified atom stereocenters. The maximum absolute atomic E-state index is 12.4. The van der Waals surface area contributed by atoms with Crippen LogP contribution < -0.4 is 0 Å². The molecule has 1 fully saturated rings. The molecule has 1 heterocycles. The fourth-order valence-corrected chi connectivity index (χ4v) is 3.78. The van der Waals surface area contributed by atoms with Crippen LogP contribution in [-0.4, -0.2) is 55.5 Å². The van der Waals surface area contributed by atoms with Crippen molar-refractivity contribution in [3.05, 3.63) is 29.3 Å². The summed E-state index contributed by atoms with van der Waals surface area (Å²) in [5.41, 5.74) is 0. The molecule has 0 aromatic heterocycles. The normalized spacial score (nSPS) is 17.2. The Balaban J connectivity index is 2.09. The van der Waals surface area contributed by atoms with Gasteiger partial charge in [0.25, 0.3) is 0 Å². The van der Waals surface area contributed by atoms with Crippen LogP contribution in [0.1, 0.15) is 0 Å². The van der Waals surface area contributed by atoms with Crippen molar-refractivity contribution in [2.75, 3.05) is 31.9 Å². The minimum absolute atomic E-state index is 0.0723. The van der Waals surface area contributed by atoms with Gasteiger partial charge in [-0.1, -0.05) is 11.6 Å².